The molecule has 0 aliphatic heterocycles. The zero-order valence-electron chi connectivity index (χ0n) is 10.1. The molecule has 90 valence electrons. The van der Waals surface area contributed by atoms with Gasteiger partial charge < -0.3 is 10.4 Å². The van der Waals surface area contributed by atoms with Gasteiger partial charge in [-0.05, 0) is 60.6 Å². The third-order valence-corrected chi connectivity index (χ3v) is 3.69. The number of hydrogen-bond donors (Lipinski definition) is 2. The van der Waals surface area contributed by atoms with Gasteiger partial charge in [-0.25, -0.2) is 0 Å². The minimum absolute atomic E-state index is 0.109. The predicted molar refractivity (Wildman–Crippen MR) is 76.5 cm³/mol. The van der Waals surface area contributed by atoms with Gasteiger partial charge in [0, 0.05) is 9.61 Å². The topological polar surface area (TPSA) is 32.3 Å². The standard InChI is InChI=1S/C13H20INO/c1-4-10(2)15-13(3,9-16)11-5-7-12(14)8-6-11/h5-8,10,15-16H,4,9H2,1-3H3. The Balaban J connectivity index is 2.90. The van der Waals surface area contributed by atoms with Crippen LogP contribution in [0, 0.1) is 3.57 Å². The molecule has 0 bridgehead atoms. The van der Waals surface area contributed by atoms with Crippen LogP contribution < -0.4 is 5.32 Å². The molecule has 2 atom stereocenters. The normalized spacial score (nSPS) is 16.8. The second-order valence-corrected chi connectivity index (χ2v) is 5.70. The zero-order chi connectivity index (χ0) is 12.2. The van der Waals surface area contributed by atoms with Crippen LogP contribution in [0.15, 0.2) is 24.3 Å². The average Bonchev–Trinajstić information content (AvgIpc) is 2.29. The molecule has 0 saturated heterocycles. The summed E-state index contributed by atoms with van der Waals surface area (Å²) < 4.78 is 1.21. The van der Waals surface area contributed by atoms with Crippen molar-refractivity contribution in [3.63, 3.8) is 0 Å². The molecule has 0 saturated carbocycles. The molecule has 1 aromatic carbocycles. The van der Waals surface area contributed by atoms with Gasteiger partial charge in [0.05, 0.1) is 12.1 Å². The monoisotopic (exact) mass is 333 g/mol. The summed E-state index contributed by atoms with van der Waals surface area (Å²) in [7, 11) is 0. The average molecular weight is 333 g/mol. The fourth-order valence-electron chi connectivity index (χ4n) is 1.68. The van der Waals surface area contributed by atoms with Crippen LogP contribution in [-0.4, -0.2) is 17.8 Å². The van der Waals surface area contributed by atoms with E-state index < -0.39 is 0 Å². The summed E-state index contributed by atoms with van der Waals surface area (Å²) in [4.78, 5) is 0. The van der Waals surface area contributed by atoms with Gasteiger partial charge in [0.15, 0.2) is 0 Å². The summed E-state index contributed by atoms with van der Waals surface area (Å²) in [5, 5.41) is 13.1. The van der Waals surface area contributed by atoms with Crippen molar-refractivity contribution in [2.75, 3.05) is 6.61 Å². The highest BCUT2D eigenvalue weighted by molar-refractivity contribution is 14.1. The molecule has 16 heavy (non-hydrogen) atoms. The second kappa shape index (κ2) is 5.98. The Morgan fingerprint density at radius 1 is 1.38 bits per heavy atom. The molecule has 0 heterocycles. The molecule has 2 nitrogen and oxygen atoms in total. The predicted octanol–water partition coefficient (Wildman–Crippen LogP) is 2.89. The van der Waals surface area contributed by atoms with Gasteiger partial charge in [0.2, 0.25) is 0 Å². The van der Waals surface area contributed by atoms with Crippen LogP contribution in [0.5, 0.6) is 0 Å². The molecule has 0 aromatic heterocycles. The van der Waals surface area contributed by atoms with E-state index in [4.69, 9.17) is 0 Å². The number of aliphatic hydroxyl groups excluding tert-OH is 1. The first-order valence-electron chi connectivity index (χ1n) is 5.66. The summed E-state index contributed by atoms with van der Waals surface area (Å²) >= 11 is 2.29. The maximum absolute atomic E-state index is 9.59. The number of benzene rings is 1. The third-order valence-electron chi connectivity index (χ3n) is 2.97. The molecular formula is C13H20INO. The maximum atomic E-state index is 9.59. The van der Waals surface area contributed by atoms with E-state index in [1.807, 2.05) is 6.92 Å². The lowest BCUT2D eigenvalue weighted by atomic mass is 9.92. The maximum Gasteiger partial charge on any atom is 0.0652 e. The van der Waals surface area contributed by atoms with E-state index >= 15 is 0 Å². The Hall–Kier alpha value is -0.130. The highest BCUT2D eigenvalue weighted by atomic mass is 127. The SMILES string of the molecule is CCC(C)NC(C)(CO)c1ccc(I)cc1. The van der Waals surface area contributed by atoms with Crippen molar-refractivity contribution >= 4 is 22.6 Å². The van der Waals surface area contributed by atoms with Crippen LogP contribution in [0.3, 0.4) is 0 Å². The Morgan fingerprint density at radius 3 is 2.38 bits per heavy atom. The number of nitrogens with one attached hydrogen (secondary N) is 1. The van der Waals surface area contributed by atoms with Gasteiger partial charge >= 0.3 is 0 Å². The molecule has 1 aromatic rings. The molecular weight excluding hydrogens is 313 g/mol. The van der Waals surface area contributed by atoms with E-state index in [-0.39, 0.29) is 12.1 Å². The quantitative estimate of drug-likeness (QED) is 0.812. The first kappa shape index (κ1) is 13.9. The minimum atomic E-state index is -0.347. The largest absolute Gasteiger partial charge is 0.394 e. The Morgan fingerprint density at radius 2 is 1.94 bits per heavy atom. The van der Waals surface area contributed by atoms with Gasteiger partial charge in [-0.1, -0.05) is 19.1 Å². The number of aliphatic hydroxyl groups is 1. The molecule has 2 unspecified atom stereocenters. The minimum Gasteiger partial charge on any atom is -0.394 e. The molecule has 3 heteroatoms. The van der Waals surface area contributed by atoms with Crippen LogP contribution >= 0.6 is 22.6 Å². The van der Waals surface area contributed by atoms with Crippen molar-refractivity contribution in [3.8, 4) is 0 Å². The molecule has 0 aliphatic carbocycles. The van der Waals surface area contributed by atoms with Gasteiger partial charge in [-0.15, -0.1) is 0 Å². The van der Waals surface area contributed by atoms with Gasteiger partial charge in [0.25, 0.3) is 0 Å². The van der Waals surface area contributed by atoms with Crippen molar-refractivity contribution in [2.45, 2.75) is 38.8 Å². The molecule has 1 rings (SSSR count). The summed E-state index contributed by atoms with van der Waals surface area (Å²) in [6, 6.07) is 8.70. The third kappa shape index (κ3) is 3.43. The smallest absolute Gasteiger partial charge is 0.0652 e. The highest BCUT2D eigenvalue weighted by Crippen LogP contribution is 2.22. The number of rotatable bonds is 5. The zero-order valence-corrected chi connectivity index (χ0v) is 12.3. The first-order valence-corrected chi connectivity index (χ1v) is 6.74. The van der Waals surface area contributed by atoms with Crippen molar-refractivity contribution < 1.29 is 5.11 Å². The van der Waals surface area contributed by atoms with Crippen LogP contribution in [0.2, 0.25) is 0 Å². The highest BCUT2D eigenvalue weighted by Gasteiger charge is 2.26. The first-order chi connectivity index (χ1) is 7.51. The van der Waals surface area contributed by atoms with E-state index in [2.05, 4.69) is 66.0 Å². The molecule has 0 amide bonds. The fourth-order valence-corrected chi connectivity index (χ4v) is 2.04. The molecule has 0 spiro atoms. The lowest BCUT2D eigenvalue weighted by Crippen LogP contribution is -2.47. The van der Waals surface area contributed by atoms with Crippen LogP contribution in [0.4, 0.5) is 0 Å². The van der Waals surface area contributed by atoms with E-state index in [0.717, 1.165) is 12.0 Å². The Kier molecular flexibility index (Phi) is 5.21. The fraction of sp³-hybridized carbons (Fsp3) is 0.538. The lowest BCUT2D eigenvalue weighted by Gasteiger charge is -2.32. The Labute approximate surface area is 112 Å². The van der Waals surface area contributed by atoms with Crippen molar-refractivity contribution in [1.29, 1.82) is 0 Å². The van der Waals surface area contributed by atoms with Gasteiger partial charge in [0.1, 0.15) is 0 Å². The van der Waals surface area contributed by atoms with Crippen LogP contribution in [-0.2, 0) is 5.54 Å². The van der Waals surface area contributed by atoms with Crippen LogP contribution in [0.1, 0.15) is 32.8 Å². The van der Waals surface area contributed by atoms with Crippen molar-refractivity contribution in [3.05, 3.63) is 33.4 Å². The van der Waals surface area contributed by atoms with Crippen molar-refractivity contribution in [1.82, 2.24) is 5.32 Å². The molecule has 0 radical (unpaired) electrons. The summed E-state index contributed by atoms with van der Waals surface area (Å²) in [5.74, 6) is 0. The van der Waals surface area contributed by atoms with Gasteiger partial charge in [-0.3, -0.25) is 0 Å². The molecule has 2 N–H and O–H groups in total. The molecule has 0 fully saturated rings. The summed E-state index contributed by atoms with van der Waals surface area (Å²) in [6.45, 7) is 6.43. The summed E-state index contributed by atoms with van der Waals surface area (Å²) in [6.07, 6.45) is 1.06. The van der Waals surface area contributed by atoms with E-state index in [1.165, 1.54) is 3.57 Å². The van der Waals surface area contributed by atoms with Crippen LogP contribution in [0.25, 0.3) is 0 Å². The molecule has 0 aliphatic rings. The van der Waals surface area contributed by atoms with E-state index in [0.29, 0.717) is 6.04 Å². The van der Waals surface area contributed by atoms with E-state index in [9.17, 15) is 5.11 Å². The second-order valence-electron chi connectivity index (χ2n) is 4.45. The summed E-state index contributed by atoms with van der Waals surface area (Å²) in [5.41, 5.74) is 0.787. The lowest BCUT2D eigenvalue weighted by molar-refractivity contribution is 0.162. The van der Waals surface area contributed by atoms with E-state index in [1.54, 1.807) is 0 Å². The number of halogens is 1. The van der Waals surface area contributed by atoms with Crippen molar-refractivity contribution in [2.24, 2.45) is 0 Å². The van der Waals surface area contributed by atoms with Gasteiger partial charge in [-0.2, -0.15) is 0 Å². The Bertz CT molecular complexity index is 325. The number of hydrogen-bond acceptors (Lipinski definition) is 2.